The van der Waals surface area contributed by atoms with Crippen molar-refractivity contribution in [3.05, 3.63) is 82.2 Å². The van der Waals surface area contributed by atoms with Gasteiger partial charge in [-0.1, -0.05) is 60.7 Å². The topological polar surface area (TPSA) is 105 Å². The molecule has 1 fully saturated rings. The zero-order valence-corrected chi connectivity index (χ0v) is 27.9. The van der Waals surface area contributed by atoms with E-state index in [2.05, 4.69) is 60.7 Å². The molecule has 5 aliphatic carbocycles. The lowest BCUT2D eigenvalue weighted by Crippen LogP contribution is -2.39. The Labute approximate surface area is 296 Å². The van der Waals surface area contributed by atoms with Crippen LogP contribution in [0.1, 0.15) is 11.1 Å². The first-order valence-corrected chi connectivity index (χ1v) is 18.8. The van der Waals surface area contributed by atoms with Crippen LogP contribution in [0, 0.1) is 5.41 Å². The van der Waals surface area contributed by atoms with Gasteiger partial charge >= 0.3 is 11.9 Å². The van der Waals surface area contributed by atoms with E-state index in [1.807, 2.05) is 0 Å². The minimum atomic E-state index is -1.71. The summed E-state index contributed by atoms with van der Waals surface area (Å²) in [6.07, 6.45) is 4.44. The first-order chi connectivity index (χ1) is 26.1. The number of carbonyl (C=O) groups excluding carboxylic acids is 2. The predicted molar refractivity (Wildman–Crippen MR) is 210 cm³/mol. The molecule has 0 aromatic heterocycles. The van der Waals surface area contributed by atoms with Crippen LogP contribution in [0.3, 0.4) is 0 Å². The van der Waals surface area contributed by atoms with Gasteiger partial charge in [-0.2, -0.15) is 0 Å². The molecule has 53 heavy (non-hydrogen) atoms. The highest BCUT2D eigenvalue weighted by Crippen LogP contribution is 2.92. The van der Waals surface area contributed by atoms with Gasteiger partial charge in [0.15, 0.2) is 5.41 Å². The number of fused-ring (bicyclic) bond motifs is 3. The second-order valence-corrected chi connectivity index (χ2v) is 16.7. The molecule has 6 nitrogen and oxygen atoms in total. The Morgan fingerprint density at radius 1 is 0.434 bits per heavy atom. The SMILES string of the molecule is NCCOC(=O)C1(C(=O)OCCN)C23C4=c5ccc6c7ccc8c9ccc%10c%11ccc%12c%13c(c%14c%15c2c5c6c2c7c8c5c9c%10c(c%13%11)c%14c5c%152)C13C=%12C=C4. The number of benzene rings is 8. The van der Waals surface area contributed by atoms with Crippen LogP contribution in [0.25, 0.3) is 130 Å². The summed E-state index contributed by atoms with van der Waals surface area (Å²) < 4.78 is 12.3. The molecule has 0 heterocycles. The normalized spacial score (nSPS) is 23.1. The summed E-state index contributed by atoms with van der Waals surface area (Å²) >= 11 is 0. The molecule has 0 bridgehead atoms. The summed E-state index contributed by atoms with van der Waals surface area (Å²) in [5, 5.41) is 30.8. The summed E-state index contributed by atoms with van der Waals surface area (Å²) in [6.45, 7) is 0.338. The maximum atomic E-state index is 15.5. The number of rotatable bonds is 6. The van der Waals surface area contributed by atoms with E-state index in [4.69, 9.17) is 20.9 Å². The highest BCUT2D eigenvalue weighted by atomic mass is 16.6. The van der Waals surface area contributed by atoms with Crippen LogP contribution in [-0.2, 0) is 29.9 Å². The van der Waals surface area contributed by atoms with Crippen molar-refractivity contribution in [3.8, 4) is 0 Å². The Balaban J connectivity index is 1.30. The third kappa shape index (κ3) is 1.71. The first-order valence-electron chi connectivity index (χ1n) is 18.8. The van der Waals surface area contributed by atoms with Gasteiger partial charge in [0.25, 0.3) is 0 Å². The van der Waals surface area contributed by atoms with Gasteiger partial charge in [0, 0.05) is 13.1 Å². The Morgan fingerprint density at radius 2 is 0.755 bits per heavy atom. The van der Waals surface area contributed by atoms with E-state index in [0.717, 1.165) is 32.7 Å². The van der Waals surface area contributed by atoms with Gasteiger partial charge in [0.1, 0.15) is 13.2 Å². The standard InChI is InChI=1S/C47H22N2O4/c48-11-13-52-43(50)47(44(51)53-14-12-49)45-23-9-10-24-22-8-6-20-18-4-2-16-15-1-3-17-19-5-7-21(23)31-29(19)34-27(17)25(15)33-26(16)28(18)35-30(20)32(22)42(46(24,45)47)40-38(35)36(33)37(34)39(40)41(31)45/h1-10H,11-14,48-49H2. The summed E-state index contributed by atoms with van der Waals surface area (Å²) in [4.78, 5) is 30.9. The molecule has 5 aliphatic rings. The molecule has 0 radical (unpaired) electrons. The lowest BCUT2D eigenvalue weighted by molar-refractivity contribution is -0.166. The average Bonchev–Trinajstić information content (AvgIpc) is 3.80. The van der Waals surface area contributed by atoms with Crippen molar-refractivity contribution in [2.24, 2.45) is 16.9 Å². The van der Waals surface area contributed by atoms with Crippen LogP contribution < -0.4 is 21.9 Å². The molecule has 2 spiro atoms. The lowest BCUT2D eigenvalue weighted by Gasteiger charge is -2.31. The van der Waals surface area contributed by atoms with Gasteiger partial charge < -0.3 is 20.9 Å². The van der Waals surface area contributed by atoms with Crippen LogP contribution in [0.4, 0.5) is 0 Å². The molecule has 0 aliphatic heterocycles. The van der Waals surface area contributed by atoms with E-state index in [-0.39, 0.29) is 26.3 Å². The van der Waals surface area contributed by atoms with Crippen LogP contribution in [0.2, 0.25) is 0 Å². The van der Waals surface area contributed by atoms with E-state index >= 15 is 9.59 Å². The van der Waals surface area contributed by atoms with Crippen LogP contribution in [0.15, 0.2) is 60.7 Å². The Kier molecular flexibility index (Phi) is 3.14. The third-order valence-electron chi connectivity index (χ3n) is 15.7. The monoisotopic (exact) mass is 678 g/mol. The molecule has 17 rings (SSSR count). The summed E-state index contributed by atoms with van der Waals surface area (Å²) in [5.41, 5.74) is 12.5. The number of hydrogen-bond donors (Lipinski definition) is 2. The second-order valence-electron chi connectivity index (χ2n) is 16.7. The quantitative estimate of drug-likeness (QED) is 0.122. The number of nitrogens with two attached hydrogens (primary N) is 2. The largest absolute Gasteiger partial charge is 0.463 e. The van der Waals surface area contributed by atoms with Crippen LogP contribution >= 0.6 is 0 Å². The van der Waals surface area contributed by atoms with Gasteiger partial charge in [-0.25, -0.2) is 0 Å². The molecule has 1 saturated carbocycles. The Morgan fingerprint density at radius 3 is 1.13 bits per heavy atom. The maximum absolute atomic E-state index is 15.5. The van der Waals surface area contributed by atoms with Crippen LogP contribution in [0.5, 0.6) is 0 Å². The lowest BCUT2D eigenvalue weighted by atomic mass is 9.68. The molecule has 244 valence electrons. The van der Waals surface area contributed by atoms with Gasteiger partial charge in [-0.3, -0.25) is 9.59 Å². The summed E-state index contributed by atoms with van der Waals surface area (Å²) in [5.74, 6) is -1.10. The molecule has 2 atom stereocenters. The third-order valence-corrected chi connectivity index (χ3v) is 15.7. The van der Waals surface area contributed by atoms with Gasteiger partial charge in [-0.05, 0) is 151 Å². The molecule has 12 aromatic carbocycles. The number of ether oxygens (including phenoxy) is 2. The first kappa shape index (κ1) is 25.0. The zero-order valence-electron chi connectivity index (χ0n) is 27.9. The fraction of sp³-hybridized carbons (Fsp3) is 0.149. The fourth-order valence-electron chi connectivity index (χ4n) is 14.9. The van der Waals surface area contributed by atoms with E-state index in [1.165, 1.54) is 118 Å². The van der Waals surface area contributed by atoms with Crippen molar-refractivity contribution in [2.75, 3.05) is 26.3 Å². The number of carbonyl (C=O) groups is 2. The van der Waals surface area contributed by atoms with Crippen molar-refractivity contribution in [1.29, 1.82) is 0 Å². The summed E-state index contributed by atoms with van der Waals surface area (Å²) in [6, 6.07) is 18.5. The Hall–Kier alpha value is -6.08. The molecule has 0 amide bonds. The van der Waals surface area contributed by atoms with E-state index < -0.39 is 28.2 Å². The Bertz CT molecular complexity index is 3790. The predicted octanol–water partition coefficient (Wildman–Crippen LogP) is 6.27. The smallest absolute Gasteiger partial charge is 0.326 e. The minimum absolute atomic E-state index is 0.0131. The highest BCUT2D eigenvalue weighted by Gasteiger charge is 3.00. The molecular weight excluding hydrogens is 657 g/mol. The number of allylic oxidation sites excluding steroid dienone is 2. The fourth-order valence-corrected chi connectivity index (χ4v) is 14.9. The number of hydrogen-bond acceptors (Lipinski definition) is 6. The van der Waals surface area contributed by atoms with Crippen molar-refractivity contribution >= 4 is 142 Å². The summed E-state index contributed by atoms with van der Waals surface area (Å²) in [7, 11) is 0. The van der Waals surface area contributed by atoms with Gasteiger partial charge in [-0.15, -0.1) is 0 Å². The van der Waals surface area contributed by atoms with Crippen LogP contribution in [-0.4, -0.2) is 38.2 Å². The van der Waals surface area contributed by atoms with Gasteiger partial charge in [0.2, 0.25) is 0 Å². The molecule has 2 unspecified atom stereocenters. The van der Waals surface area contributed by atoms with Gasteiger partial charge in [0.05, 0.1) is 10.8 Å². The second kappa shape index (κ2) is 6.66. The van der Waals surface area contributed by atoms with E-state index in [1.54, 1.807) is 0 Å². The van der Waals surface area contributed by atoms with E-state index in [0.29, 0.717) is 0 Å². The van der Waals surface area contributed by atoms with Crippen molar-refractivity contribution < 1.29 is 19.1 Å². The van der Waals surface area contributed by atoms with Crippen molar-refractivity contribution in [3.63, 3.8) is 0 Å². The molecular formula is C47H22N2O4. The molecule has 4 N–H and O–H groups in total. The average molecular weight is 679 g/mol. The maximum Gasteiger partial charge on any atom is 0.326 e. The molecule has 12 aromatic rings. The highest BCUT2D eigenvalue weighted by molar-refractivity contribution is 6.64. The van der Waals surface area contributed by atoms with Crippen molar-refractivity contribution in [1.82, 2.24) is 0 Å². The molecule has 0 saturated heterocycles. The van der Waals surface area contributed by atoms with E-state index in [9.17, 15) is 0 Å². The minimum Gasteiger partial charge on any atom is -0.463 e. The van der Waals surface area contributed by atoms with Crippen molar-refractivity contribution in [2.45, 2.75) is 10.8 Å². The zero-order chi connectivity index (χ0) is 34.1. The number of esters is 2. The molecule has 6 heteroatoms.